The molecule has 3 N–H and O–H groups in total. The minimum absolute atomic E-state index is 0.0784. The summed E-state index contributed by atoms with van der Waals surface area (Å²) in [6.45, 7) is 4.07. The number of carbonyl (C=O) groups is 2. The maximum atomic E-state index is 11.6. The molecule has 1 atom stereocenters. The van der Waals surface area contributed by atoms with E-state index in [-0.39, 0.29) is 36.8 Å². The highest BCUT2D eigenvalue weighted by Crippen LogP contribution is 2.07. The van der Waals surface area contributed by atoms with E-state index in [1.807, 2.05) is 19.2 Å². The molecular weight excluding hydrogens is 264 g/mol. The van der Waals surface area contributed by atoms with Crippen LogP contribution in [0, 0.1) is 5.92 Å². The highest BCUT2D eigenvalue weighted by Gasteiger charge is 2.15. The smallest absolute Gasteiger partial charge is 0.261 e. The van der Waals surface area contributed by atoms with Gasteiger partial charge in [0.15, 0.2) is 0 Å². The summed E-state index contributed by atoms with van der Waals surface area (Å²) in [6, 6.07) is 3.31. The van der Waals surface area contributed by atoms with Crippen LogP contribution in [0.4, 0.5) is 0 Å². The van der Waals surface area contributed by atoms with Gasteiger partial charge in [-0.3, -0.25) is 9.59 Å². The molecule has 2 amide bonds. The van der Waals surface area contributed by atoms with E-state index in [2.05, 4.69) is 10.6 Å². The molecule has 1 unspecified atom stereocenters. The molecule has 5 nitrogen and oxygen atoms in total. The molecule has 0 aromatic carbocycles. The molecule has 0 saturated heterocycles. The third kappa shape index (κ3) is 5.40. The van der Waals surface area contributed by atoms with Gasteiger partial charge < -0.3 is 15.7 Å². The van der Waals surface area contributed by atoms with Crippen molar-refractivity contribution in [1.82, 2.24) is 10.6 Å². The summed E-state index contributed by atoms with van der Waals surface area (Å²) in [6.07, 6.45) is 0.209. The average Bonchev–Trinajstić information content (AvgIpc) is 2.89. The molecule has 0 radical (unpaired) electrons. The first-order valence-corrected chi connectivity index (χ1v) is 7.14. The van der Waals surface area contributed by atoms with E-state index in [9.17, 15) is 9.59 Å². The van der Waals surface area contributed by atoms with Gasteiger partial charge in [0.1, 0.15) is 0 Å². The first kappa shape index (κ1) is 15.7. The first-order valence-electron chi connectivity index (χ1n) is 6.26. The van der Waals surface area contributed by atoms with E-state index in [0.29, 0.717) is 11.4 Å². The Hall–Kier alpha value is -1.40. The maximum Gasteiger partial charge on any atom is 0.261 e. The third-order valence-electron chi connectivity index (χ3n) is 2.73. The van der Waals surface area contributed by atoms with Crippen molar-refractivity contribution in [2.24, 2.45) is 5.92 Å². The van der Waals surface area contributed by atoms with Gasteiger partial charge in [-0.15, -0.1) is 11.3 Å². The topological polar surface area (TPSA) is 78.4 Å². The SMILES string of the molecule is CC(C)C(CO)NC(=O)CCNC(=O)c1cccs1. The lowest BCUT2D eigenvalue weighted by atomic mass is 10.1. The van der Waals surface area contributed by atoms with Crippen LogP contribution in [0.3, 0.4) is 0 Å². The molecule has 6 heteroatoms. The number of hydrogen-bond acceptors (Lipinski definition) is 4. The van der Waals surface area contributed by atoms with Crippen LogP contribution in [0.25, 0.3) is 0 Å². The van der Waals surface area contributed by atoms with Crippen LogP contribution in [0.5, 0.6) is 0 Å². The first-order chi connectivity index (χ1) is 9.04. The molecule has 0 aliphatic carbocycles. The van der Waals surface area contributed by atoms with Crippen molar-refractivity contribution in [3.05, 3.63) is 22.4 Å². The van der Waals surface area contributed by atoms with Crippen molar-refractivity contribution >= 4 is 23.2 Å². The zero-order chi connectivity index (χ0) is 14.3. The minimum atomic E-state index is -0.236. The second-order valence-electron chi connectivity index (χ2n) is 4.58. The van der Waals surface area contributed by atoms with E-state index in [1.54, 1.807) is 12.1 Å². The van der Waals surface area contributed by atoms with Crippen molar-refractivity contribution in [3.8, 4) is 0 Å². The van der Waals surface area contributed by atoms with Gasteiger partial charge in [-0.1, -0.05) is 19.9 Å². The standard InChI is InChI=1S/C13H20N2O3S/c1-9(2)10(8-16)15-12(17)5-6-14-13(18)11-4-3-7-19-11/h3-4,7,9-10,16H,5-6,8H2,1-2H3,(H,14,18)(H,15,17). The zero-order valence-corrected chi connectivity index (χ0v) is 12.0. The van der Waals surface area contributed by atoms with Gasteiger partial charge in [0.2, 0.25) is 5.91 Å². The molecule has 0 bridgehead atoms. The second kappa shape index (κ2) is 7.91. The molecule has 1 heterocycles. The van der Waals surface area contributed by atoms with Crippen molar-refractivity contribution in [2.75, 3.05) is 13.2 Å². The Morgan fingerprint density at radius 2 is 2.16 bits per heavy atom. The van der Waals surface area contributed by atoms with E-state index >= 15 is 0 Å². The molecule has 1 aromatic heterocycles. The third-order valence-corrected chi connectivity index (χ3v) is 3.60. The number of carbonyl (C=O) groups excluding carboxylic acids is 2. The monoisotopic (exact) mass is 284 g/mol. The number of aliphatic hydroxyl groups is 1. The largest absolute Gasteiger partial charge is 0.394 e. The van der Waals surface area contributed by atoms with Crippen LogP contribution < -0.4 is 10.6 Å². The predicted octanol–water partition coefficient (Wildman–Crippen LogP) is 1.00. The molecule has 0 saturated carbocycles. The fraction of sp³-hybridized carbons (Fsp3) is 0.538. The Morgan fingerprint density at radius 1 is 1.42 bits per heavy atom. The van der Waals surface area contributed by atoms with Gasteiger partial charge in [-0.05, 0) is 17.4 Å². The Kier molecular flexibility index (Phi) is 6.52. The van der Waals surface area contributed by atoms with Crippen LogP contribution in [0.2, 0.25) is 0 Å². The number of rotatable bonds is 7. The molecule has 0 aliphatic rings. The summed E-state index contributed by atoms with van der Waals surface area (Å²) >= 11 is 1.36. The molecule has 106 valence electrons. The minimum Gasteiger partial charge on any atom is -0.394 e. The van der Waals surface area contributed by atoms with Gasteiger partial charge in [0.25, 0.3) is 5.91 Å². The molecule has 0 spiro atoms. The quantitative estimate of drug-likeness (QED) is 0.699. The highest BCUT2D eigenvalue weighted by molar-refractivity contribution is 7.12. The van der Waals surface area contributed by atoms with Crippen molar-refractivity contribution in [2.45, 2.75) is 26.3 Å². The number of amides is 2. The summed E-state index contributed by atoms with van der Waals surface area (Å²) < 4.78 is 0. The summed E-state index contributed by atoms with van der Waals surface area (Å²) in [5, 5.41) is 16.4. The summed E-state index contributed by atoms with van der Waals surface area (Å²) in [7, 11) is 0. The van der Waals surface area contributed by atoms with E-state index in [1.165, 1.54) is 11.3 Å². The predicted molar refractivity (Wildman–Crippen MR) is 75.1 cm³/mol. The van der Waals surface area contributed by atoms with Crippen LogP contribution in [-0.2, 0) is 4.79 Å². The lowest BCUT2D eigenvalue weighted by Crippen LogP contribution is -2.42. The van der Waals surface area contributed by atoms with Crippen molar-refractivity contribution in [3.63, 3.8) is 0 Å². The average molecular weight is 284 g/mol. The number of thiophene rings is 1. The second-order valence-corrected chi connectivity index (χ2v) is 5.53. The normalized spacial score (nSPS) is 12.2. The summed E-state index contributed by atoms with van der Waals surface area (Å²) in [5.41, 5.74) is 0. The Balaban J connectivity index is 2.25. The molecule has 1 rings (SSSR count). The lowest BCUT2D eigenvalue weighted by Gasteiger charge is -2.19. The number of aliphatic hydroxyl groups excluding tert-OH is 1. The van der Waals surface area contributed by atoms with Crippen LogP contribution in [0.15, 0.2) is 17.5 Å². The van der Waals surface area contributed by atoms with Crippen LogP contribution in [0.1, 0.15) is 29.9 Å². The molecule has 0 fully saturated rings. The van der Waals surface area contributed by atoms with E-state index < -0.39 is 0 Å². The summed E-state index contributed by atoms with van der Waals surface area (Å²) in [5.74, 6) is -0.153. The maximum absolute atomic E-state index is 11.6. The molecule has 19 heavy (non-hydrogen) atoms. The van der Waals surface area contributed by atoms with Crippen molar-refractivity contribution in [1.29, 1.82) is 0 Å². The van der Waals surface area contributed by atoms with E-state index in [0.717, 1.165) is 0 Å². The fourth-order valence-electron chi connectivity index (χ4n) is 1.49. The van der Waals surface area contributed by atoms with Crippen LogP contribution >= 0.6 is 11.3 Å². The Labute approximate surface area is 117 Å². The zero-order valence-electron chi connectivity index (χ0n) is 11.2. The van der Waals surface area contributed by atoms with Gasteiger partial charge >= 0.3 is 0 Å². The van der Waals surface area contributed by atoms with Gasteiger partial charge in [0.05, 0.1) is 17.5 Å². The number of nitrogens with one attached hydrogen (secondary N) is 2. The Bertz CT molecular complexity index is 404. The number of hydrogen-bond donors (Lipinski definition) is 3. The van der Waals surface area contributed by atoms with Gasteiger partial charge in [-0.25, -0.2) is 0 Å². The molecular formula is C13H20N2O3S. The lowest BCUT2D eigenvalue weighted by molar-refractivity contribution is -0.122. The molecule has 0 aliphatic heterocycles. The Morgan fingerprint density at radius 3 is 2.68 bits per heavy atom. The van der Waals surface area contributed by atoms with E-state index in [4.69, 9.17) is 5.11 Å². The van der Waals surface area contributed by atoms with Crippen LogP contribution in [-0.4, -0.2) is 36.1 Å². The fourth-order valence-corrected chi connectivity index (χ4v) is 2.13. The molecule has 1 aromatic rings. The summed E-state index contributed by atoms with van der Waals surface area (Å²) in [4.78, 5) is 23.9. The van der Waals surface area contributed by atoms with Gasteiger partial charge in [0, 0.05) is 13.0 Å². The van der Waals surface area contributed by atoms with Crippen molar-refractivity contribution < 1.29 is 14.7 Å². The highest BCUT2D eigenvalue weighted by atomic mass is 32.1. The van der Waals surface area contributed by atoms with Gasteiger partial charge in [-0.2, -0.15) is 0 Å².